The Morgan fingerprint density at radius 3 is 2.20 bits per heavy atom. The van der Waals surface area contributed by atoms with Crippen LogP contribution in [0.3, 0.4) is 0 Å². The SMILES string of the molecule is CC(=O)Nc1cc(Nc2cc(C(F)(F)F)cc(S(C)(=O)=O)c2)c(-c2ccc(C(C)(C)O)cn2)cn1. The van der Waals surface area contributed by atoms with Crippen molar-refractivity contribution in [3.8, 4) is 11.3 Å². The number of nitrogens with zero attached hydrogens (tertiary/aromatic N) is 2. The van der Waals surface area contributed by atoms with E-state index in [0.717, 1.165) is 18.4 Å². The van der Waals surface area contributed by atoms with Gasteiger partial charge in [-0.3, -0.25) is 9.78 Å². The quantitative estimate of drug-likeness (QED) is 0.448. The predicted molar refractivity (Wildman–Crippen MR) is 125 cm³/mol. The first-order valence-corrected chi connectivity index (χ1v) is 12.1. The molecule has 3 aromatic rings. The minimum Gasteiger partial charge on any atom is -0.386 e. The van der Waals surface area contributed by atoms with E-state index in [2.05, 4.69) is 20.6 Å². The van der Waals surface area contributed by atoms with Gasteiger partial charge in [-0.2, -0.15) is 13.2 Å². The summed E-state index contributed by atoms with van der Waals surface area (Å²) in [5, 5.41) is 15.5. The molecule has 0 unspecified atom stereocenters. The lowest BCUT2D eigenvalue weighted by Crippen LogP contribution is -2.15. The zero-order valence-corrected chi connectivity index (χ0v) is 20.0. The number of carbonyl (C=O) groups is 1. The van der Waals surface area contributed by atoms with E-state index in [9.17, 15) is 31.5 Å². The molecule has 186 valence electrons. The molecule has 0 saturated heterocycles. The van der Waals surface area contributed by atoms with Crippen LogP contribution in [0, 0.1) is 0 Å². The van der Waals surface area contributed by atoms with Crippen molar-refractivity contribution in [3.63, 3.8) is 0 Å². The fourth-order valence-electron chi connectivity index (χ4n) is 3.13. The standard InChI is InChI=1S/C23H23F3N4O4S/c1-13(31)29-21-10-20(18(12-28-21)19-6-5-14(11-27-19)22(2,3)32)30-16-7-15(23(24,25)26)8-17(9-16)35(4,33)34/h5-12,32H,1-4H3,(H2,28,29,30,31). The molecule has 8 nitrogen and oxygen atoms in total. The van der Waals surface area contributed by atoms with Gasteiger partial charge in [-0.25, -0.2) is 13.4 Å². The molecule has 2 aromatic heterocycles. The van der Waals surface area contributed by atoms with Gasteiger partial charge in [-0.05, 0) is 38.1 Å². The number of pyridine rings is 2. The summed E-state index contributed by atoms with van der Waals surface area (Å²) < 4.78 is 64.4. The summed E-state index contributed by atoms with van der Waals surface area (Å²) >= 11 is 0. The Labute approximate surface area is 200 Å². The molecule has 0 aliphatic heterocycles. The Bertz CT molecular complexity index is 1370. The van der Waals surface area contributed by atoms with Crippen molar-refractivity contribution < 1.29 is 31.5 Å². The Hall–Kier alpha value is -3.51. The average molecular weight is 509 g/mol. The Balaban J connectivity index is 2.15. The van der Waals surface area contributed by atoms with Gasteiger partial charge in [-0.1, -0.05) is 6.07 Å². The van der Waals surface area contributed by atoms with Crippen molar-refractivity contribution in [2.24, 2.45) is 0 Å². The van der Waals surface area contributed by atoms with E-state index in [-0.39, 0.29) is 17.2 Å². The largest absolute Gasteiger partial charge is 0.416 e. The topological polar surface area (TPSA) is 121 Å². The van der Waals surface area contributed by atoms with Gasteiger partial charge in [0, 0.05) is 48.5 Å². The first kappa shape index (κ1) is 26.1. The van der Waals surface area contributed by atoms with Gasteiger partial charge in [0.15, 0.2) is 9.84 Å². The minimum atomic E-state index is -4.78. The molecule has 0 fully saturated rings. The number of amides is 1. The Morgan fingerprint density at radius 2 is 1.69 bits per heavy atom. The minimum absolute atomic E-state index is 0.118. The third-order valence-corrected chi connectivity index (χ3v) is 5.99. The van der Waals surface area contributed by atoms with Crippen molar-refractivity contribution in [2.45, 2.75) is 37.4 Å². The molecule has 12 heteroatoms. The number of anilines is 3. The molecule has 0 aliphatic rings. The molecule has 0 aliphatic carbocycles. The summed E-state index contributed by atoms with van der Waals surface area (Å²) in [6.45, 7) is 4.45. The lowest BCUT2D eigenvalue weighted by molar-refractivity contribution is -0.137. The molecule has 0 radical (unpaired) electrons. The van der Waals surface area contributed by atoms with Crippen molar-refractivity contribution >= 4 is 32.9 Å². The number of carbonyl (C=O) groups excluding carboxylic acids is 1. The predicted octanol–water partition coefficient (Wildman–Crippen LogP) is 4.50. The van der Waals surface area contributed by atoms with Crippen LogP contribution in [0.4, 0.5) is 30.4 Å². The van der Waals surface area contributed by atoms with Gasteiger partial charge < -0.3 is 15.7 Å². The number of hydrogen-bond donors (Lipinski definition) is 3. The average Bonchev–Trinajstić information content (AvgIpc) is 2.71. The molecule has 2 heterocycles. The van der Waals surface area contributed by atoms with Gasteiger partial charge in [0.2, 0.25) is 5.91 Å². The summed E-state index contributed by atoms with van der Waals surface area (Å²) in [4.78, 5) is 19.4. The van der Waals surface area contributed by atoms with E-state index >= 15 is 0 Å². The fourth-order valence-corrected chi connectivity index (χ4v) is 3.81. The summed E-state index contributed by atoms with van der Waals surface area (Å²) in [5.74, 6) is -0.297. The number of halogens is 3. The molecular formula is C23H23F3N4O4S. The van der Waals surface area contributed by atoms with Crippen LogP contribution in [0.25, 0.3) is 11.3 Å². The van der Waals surface area contributed by atoms with E-state index in [1.54, 1.807) is 26.0 Å². The maximum atomic E-state index is 13.5. The fraction of sp³-hybridized carbons (Fsp3) is 0.261. The highest BCUT2D eigenvalue weighted by Gasteiger charge is 2.32. The highest BCUT2D eigenvalue weighted by Crippen LogP contribution is 2.36. The zero-order chi connectivity index (χ0) is 26.2. The van der Waals surface area contributed by atoms with Gasteiger partial charge in [0.05, 0.1) is 27.4 Å². The number of sulfone groups is 1. The van der Waals surface area contributed by atoms with E-state index in [0.29, 0.717) is 22.9 Å². The number of aromatic nitrogens is 2. The highest BCUT2D eigenvalue weighted by molar-refractivity contribution is 7.90. The molecule has 1 aromatic carbocycles. The van der Waals surface area contributed by atoms with E-state index < -0.39 is 38.0 Å². The van der Waals surface area contributed by atoms with Crippen molar-refractivity contribution in [1.29, 1.82) is 0 Å². The Kier molecular flexibility index (Phi) is 6.91. The second kappa shape index (κ2) is 9.27. The molecule has 3 N–H and O–H groups in total. The van der Waals surface area contributed by atoms with Crippen LogP contribution >= 0.6 is 0 Å². The molecule has 0 saturated carbocycles. The number of nitrogens with one attached hydrogen (secondary N) is 2. The summed E-state index contributed by atoms with van der Waals surface area (Å²) in [6.07, 6.45) is -1.15. The molecule has 1 amide bonds. The van der Waals surface area contributed by atoms with Crippen LogP contribution in [0.15, 0.2) is 53.7 Å². The van der Waals surface area contributed by atoms with E-state index in [1.807, 2.05) is 0 Å². The number of rotatable bonds is 6. The van der Waals surface area contributed by atoms with Gasteiger partial charge in [0.25, 0.3) is 0 Å². The van der Waals surface area contributed by atoms with Gasteiger partial charge in [0.1, 0.15) is 5.82 Å². The summed E-state index contributed by atoms with van der Waals surface area (Å²) in [7, 11) is -3.95. The van der Waals surface area contributed by atoms with Crippen molar-refractivity contribution in [3.05, 3.63) is 59.9 Å². The van der Waals surface area contributed by atoms with Crippen molar-refractivity contribution in [2.75, 3.05) is 16.9 Å². The van der Waals surface area contributed by atoms with Crippen LogP contribution in [0.1, 0.15) is 31.9 Å². The maximum Gasteiger partial charge on any atom is 0.416 e. The lowest BCUT2D eigenvalue weighted by Gasteiger charge is -2.18. The maximum absolute atomic E-state index is 13.5. The second-order valence-corrected chi connectivity index (χ2v) is 10.4. The molecule has 3 rings (SSSR count). The molecule has 0 spiro atoms. The number of benzene rings is 1. The van der Waals surface area contributed by atoms with Gasteiger partial charge >= 0.3 is 6.18 Å². The first-order valence-electron chi connectivity index (χ1n) is 10.2. The van der Waals surface area contributed by atoms with Crippen LogP contribution in [0.2, 0.25) is 0 Å². The number of aliphatic hydroxyl groups is 1. The molecular weight excluding hydrogens is 485 g/mol. The normalized spacial score (nSPS) is 12.3. The summed E-state index contributed by atoms with van der Waals surface area (Å²) in [6, 6.07) is 7.05. The van der Waals surface area contributed by atoms with Crippen LogP contribution in [-0.4, -0.2) is 35.7 Å². The first-order chi connectivity index (χ1) is 16.0. The van der Waals surface area contributed by atoms with Crippen LogP contribution in [-0.2, 0) is 26.4 Å². The number of hydrogen-bond acceptors (Lipinski definition) is 7. The molecule has 0 bridgehead atoms. The highest BCUT2D eigenvalue weighted by atomic mass is 32.2. The van der Waals surface area contributed by atoms with Crippen LogP contribution in [0.5, 0.6) is 0 Å². The second-order valence-electron chi connectivity index (χ2n) is 8.43. The third-order valence-electron chi connectivity index (χ3n) is 4.89. The van der Waals surface area contributed by atoms with Crippen molar-refractivity contribution in [1.82, 2.24) is 9.97 Å². The van der Waals surface area contributed by atoms with Crippen LogP contribution < -0.4 is 10.6 Å². The lowest BCUT2D eigenvalue weighted by atomic mass is 9.99. The van der Waals surface area contributed by atoms with E-state index in [1.165, 1.54) is 25.4 Å². The third kappa shape index (κ3) is 6.55. The number of alkyl halides is 3. The molecule has 0 atom stereocenters. The van der Waals surface area contributed by atoms with Gasteiger partial charge in [-0.15, -0.1) is 0 Å². The van der Waals surface area contributed by atoms with E-state index in [4.69, 9.17) is 0 Å². The summed E-state index contributed by atoms with van der Waals surface area (Å²) in [5.41, 5.74) is -0.944. The monoisotopic (exact) mass is 508 g/mol. The molecule has 35 heavy (non-hydrogen) atoms. The smallest absolute Gasteiger partial charge is 0.386 e. The Morgan fingerprint density at radius 1 is 1.00 bits per heavy atom. The zero-order valence-electron chi connectivity index (χ0n) is 19.2.